The van der Waals surface area contributed by atoms with Crippen LogP contribution in [0.2, 0.25) is 0 Å². The van der Waals surface area contributed by atoms with Crippen LogP contribution in [0.4, 0.5) is 0 Å². The minimum atomic E-state index is -0.135. The van der Waals surface area contributed by atoms with Gasteiger partial charge >= 0.3 is 0 Å². The number of hydrogen-bond acceptors (Lipinski definition) is 3. The molecule has 0 spiro atoms. The molecule has 0 saturated heterocycles. The van der Waals surface area contributed by atoms with E-state index >= 15 is 0 Å². The van der Waals surface area contributed by atoms with Crippen molar-refractivity contribution in [3.8, 4) is 11.3 Å². The number of aromatic nitrogens is 2. The van der Waals surface area contributed by atoms with E-state index in [1.807, 2.05) is 23.9 Å². The van der Waals surface area contributed by atoms with E-state index < -0.39 is 0 Å². The molecule has 2 aromatic heterocycles. The second kappa shape index (κ2) is 4.42. The Morgan fingerprint density at radius 2 is 2.40 bits per heavy atom. The van der Waals surface area contributed by atoms with Crippen LogP contribution in [-0.4, -0.2) is 15.8 Å². The lowest BCUT2D eigenvalue weighted by Crippen LogP contribution is -2.25. The Kier molecular flexibility index (Phi) is 2.83. The molecular weight excluding hydrogens is 254 g/mol. The molecule has 104 valence electrons. The minimum absolute atomic E-state index is 0.000170. The second-order valence-corrected chi connectivity index (χ2v) is 5.96. The lowest BCUT2D eigenvalue weighted by molar-refractivity contribution is 0.424. The van der Waals surface area contributed by atoms with E-state index in [9.17, 15) is 0 Å². The van der Waals surface area contributed by atoms with E-state index in [0.29, 0.717) is 6.54 Å². The number of hydrogen-bond donors (Lipinski definition) is 0. The molecule has 0 fully saturated rings. The SMILES string of the molecule is CC(Cn1ncc2c1-c1ccoc1CC2(C)C)N=[N+]=[N-]. The van der Waals surface area contributed by atoms with E-state index in [4.69, 9.17) is 9.95 Å². The van der Waals surface area contributed by atoms with Crippen LogP contribution in [0.15, 0.2) is 28.1 Å². The van der Waals surface area contributed by atoms with Crippen molar-refractivity contribution in [3.63, 3.8) is 0 Å². The van der Waals surface area contributed by atoms with Crippen molar-refractivity contribution in [2.24, 2.45) is 5.11 Å². The van der Waals surface area contributed by atoms with Crippen LogP contribution in [-0.2, 0) is 18.4 Å². The third kappa shape index (κ3) is 1.89. The normalized spacial score (nSPS) is 16.9. The average molecular weight is 271 g/mol. The lowest BCUT2D eigenvalue weighted by Gasteiger charge is -2.29. The Balaban J connectivity index is 2.10. The predicted octanol–water partition coefficient (Wildman–Crippen LogP) is 3.68. The van der Waals surface area contributed by atoms with Crippen molar-refractivity contribution in [1.29, 1.82) is 0 Å². The third-order valence-corrected chi connectivity index (χ3v) is 3.86. The summed E-state index contributed by atoms with van der Waals surface area (Å²) in [6.07, 6.45) is 4.53. The fourth-order valence-electron chi connectivity index (χ4n) is 2.86. The van der Waals surface area contributed by atoms with Gasteiger partial charge in [-0.25, -0.2) is 0 Å². The summed E-state index contributed by atoms with van der Waals surface area (Å²) in [5.41, 5.74) is 11.9. The zero-order valence-electron chi connectivity index (χ0n) is 11.9. The molecule has 2 aromatic rings. The first kappa shape index (κ1) is 12.8. The Hall–Kier alpha value is -2.20. The molecule has 0 N–H and O–H groups in total. The summed E-state index contributed by atoms with van der Waals surface area (Å²) in [4.78, 5) is 2.86. The smallest absolute Gasteiger partial charge is 0.114 e. The van der Waals surface area contributed by atoms with Crippen molar-refractivity contribution in [3.05, 3.63) is 40.3 Å². The van der Waals surface area contributed by atoms with Crippen molar-refractivity contribution in [2.75, 3.05) is 0 Å². The van der Waals surface area contributed by atoms with Crippen LogP contribution < -0.4 is 0 Å². The molecule has 0 radical (unpaired) electrons. The molecule has 0 aromatic carbocycles. The van der Waals surface area contributed by atoms with Gasteiger partial charge in [0.25, 0.3) is 0 Å². The van der Waals surface area contributed by atoms with Gasteiger partial charge in [-0.05, 0) is 11.6 Å². The fraction of sp³-hybridized carbons (Fsp3) is 0.500. The maximum Gasteiger partial charge on any atom is 0.114 e. The standard InChI is InChI=1S/C14H17N5O/c1-9(17-18-15)8-19-13-10-4-5-20-12(10)6-14(2,3)11(13)7-16-19/h4-5,7,9H,6,8H2,1-3H3. The van der Waals surface area contributed by atoms with Crippen LogP contribution in [0.5, 0.6) is 0 Å². The highest BCUT2D eigenvalue weighted by atomic mass is 16.3. The summed E-state index contributed by atoms with van der Waals surface area (Å²) < 4.78 is 7.52. The molecule has 0 amide bonds. The van der Waals surface area contributed by atoms with Gasteiger partial charge in [-0.15, -0.1) is 0 Å². The molecule has 1 aliphatic rings. The maximum absolute atomic E-state index is 8.53. The summed E-state index contributed by atoms with van der Waals surface area (Å²) in [6, 6.07) is 1.85. The Morgan fingerprint density at radius 3 is 3.15 bits per heavy atom. The van der Waals surface area contributed by atoms with E-state index in [1.165, 1.54) is 5.56 Å². The first-order valence-corrected chi connectivity index (χ1v) is 6.70. The Morgan fingerprint density at radius 1 is 1.60 bits per heavy atom. The summed E-state index contributed by atoms with van der Waals surface area (Å²) in [7, 11) is 0. The van der Waals surface area contributed by atoms with Gasteiger partial charge in [-0.3, -0.25) is 4.68 Å². The van der Waals surface area contributed by atoms with Gasteiger partial charge in [0.05, 0.1) is 24.2 Å². The van der Waals surface area contributed by atoms with Gasteiger partial charge in [-0.2, -0.15) is 5.10 Å². The van der Waals surface area contributed by atoms with Crippen LogP contribution in [0.1, 0.15) is 32.1 Å². The number of azide groups is 1. The third-order valence-electron chi connectivity index (χ3n) is 3.86. The number of furan rings is 1. The molecule has 1 aliphatic carbocycles. The van der Waals surface area contributed by atoms with E-state index in [-0.39, 0.29) is 11.5 Å². The molecule has 20 heavy (non-hydrogen) atoms. The van der Waals surface area contributed by atoms with E-state index in [2.05, 4.69) is 29.0 Å². The van der Waals surface area contributed by atoms with Gasteiger partial charge in [0.2, 0.25) is 0 Å². The highest BCUT2D eigenvalue weighted by Gasteiger charge is 2.35. The van der Waals surface area contributed by atoms with Gasteiger partial charge in [0.15, 0.2) is 0 Å². The minimum Gasteiger partial charge on any atom is -0.469 e. The molecule has 6 heteroatoms. The molecule has 3 rings (SSSR count). The summed E-state index contributed by atoms with van der Waals surface area (Å²) in [6.45, 7) is 6.85. The predicted molar refractivity (Wildman–Crippen MR) is 75.3 cm³/mol. The molecule has 0 bridgehead atoms. The van der Waals surface area contributed by atoms with Gasteiger partial charge in [0.1, 0.15) is 5.76 Å². The van der Waals surface area contributed by atoms with Crippen molar-refractivity contribution < 1.29 is 4.42 Å². The zero-order valence-corrected chi connectivity index (χ0v) is 11.9. The number of nitrogens with zero attached hydrogens (tertiary/aromatic N) is 5. The van der Waals surface area contributed by atoms with Crippen LogP contribution >= 0.6 is 0 Å². The summed E-state index contributed by atoms with van der Waals surface area (Å²) in [5.74, 6) is 1.00. The maximum atomic E-state index is 8.53. The largest absolute Gasteiger partial charge is 0.469 e. The van der Waals surface area contributed by atoms with Crippen LogP contribution in [0.3, 0.4) is 0 Å². The van der Waals surface area contributed by atoms with E-state index in [0.717, 1.165) is 23.4 Å². The molecule has 2 heterocycles. The first-order chi connectivity index (χ1) is 9.53. The van der Waals surface area contributed by atoms with Crippen molar-refractivity contribution >= 4 is 0 Å². The molecule has 6 nitrogen and oxygen atoms in total. The second-order valence-electron chi connectivity index (χ2n) is 5.96. The monoisotopic (exact) mass is 271 g/mol. The molecule has 1 atom stereocenters. The topological polar surface area (TPSA) is 79.7 Å². The van der Waals surface area contributed by atoms with Crippen LogP contribution in [0, 0.1) is 0 Å². The fourth-order valence-corrected chi connectivity index (χ4v) is 2.86. The lowest BCUT2D eigenvalue weighted by atomic mass is 9.75. The highest BCUT2D eigenvalue weighted by molar-refractivity contribution is 5.70. The number of fused-ring (bicyclic) bond motifs is 3. The highest BCUT2D eigenvalue weighted by Crippen LogP contribution is 2.43. The molecule has 0 saturated carbocycles. The quantitative estimate of drug-likeness (QED) is 0.485. The first-order valence-electron chi connectivity index (χ1n) is 6.70. The molecule has 0 aliphatic heterocycles. The van der Waals surface area contributed by atoms with Crippen LogP contribution in [0.25, 0.3) is 21.7 Å². The van der Waals surface area contributed by atoms with Crippen molar-refractivity contribution in [1.82, 2.24) is 9.78 Å². The molecule has 1 unspecified atom stereocenters. The average Bonchev–Trinajstić information content (AvgIpc) is 2.95. The molecular formula is C14H17N5O. The summed E-state index contributed by atoms with van der Waals surface area (Å²) in [5, 5.41) is 8.21. The Bertz CT molecular complexity index is 690. The van der Waals surface area contributed by atoms with Crippen molar-refractivity contribution in [2.45, 2.75) is 45.2 Å². The van der Waals surface area contributed by atoms with Gasteiger partial charge in [0, 0.05) is 34.4 Å². The van der Waals surface area contributed by atoms with E-state index in [1.54, 1.807) is 6.26 Å². The zero-order chi connectivity index (χ0) is 14.3. The van der Waals surface area contributed by atoms with Gasteiger partial charge in [-0.1, -0.05) is 25.9 Å². The summed E-state index contributed by atoms with van der Waals surface area (Å²) >= 11 is 0. The Labute approximate surface area is 117 Å². The number of rotatable bonds is 3. The van der Waals surface area contributed by atoms with Gasteiger partial charge < -0.3 is 4.42 Å².